The van der Waals surface area contributed by atoms with Gasteiger partial charge in [-0.25, -0.2) is 0 Å². The van der Waals surface area contributed by atoms with E-state index < -0.39 is 0 Å². The molecule has 0 aromatic heterocycles. The Morgan fingerprint density at radius 1 is 0.516 bits per heavy atom. The summed E-state index contributed by atoms with van der Waals surface area (Å²) < 4.78 is 19.6. The maximum atomic E-state index is 6.78. The van der Waals surface area contributed by atoms with Crippen LogP contribution >= 0.6 is 0 Å². The Morgan fingerprint density at radius 2 is 0.903 bits per heavy atom. The van der Waals surface area contributed by atoms with Gasteiger partial charge in [0.15, 0.2) is 0 Å². The van der Waals surface area contributed by atoms with Crippen molar-refractivity contribution < 1.29 is 14.2 Å². The SMILES string of the molecule is C[C@H]1C[C@@H](CC2CC(C(C)(C)C)C[C@H](CC3CC(C(C)(C)C)C[C@@H](C)O3)O2)O[C@@H](C)C1. The molecule has 3 rings (SSSR count). The molecule has 0 radical (unpaired) electrons. The van der Waals surface area contributed by atoms with E-state index >= 15 is 0 Å². The number of rotatable bonds is 4. The Hall–Kier alpha value is -0.120. The number of ether oxygens (including phenoxy) is 3. The number of hydrogen-bond acceptors (Lipinski definition) is 3. The monoisotopic (exact) mass is 436 g/mol. The highest BCUT2D eigenvalue weighted by Gasteiger charge is 2.41. The quantitative estimate of drug-likeness (QED) is 0.459. The van der Waals surface area contributed by atoms with Crippen LogP contribution in [0.2, 0.25) is 0 Å². The van der Waals surface area contributed by atoms with Gasteiger partial charge in [-0.3, -0.25) is 0 Å². The van der Waals surface area contributed by atoms with E-state index in [9.17, 15) is 0 Å². The molecule has 0 amide bonds. The molecule has 3 aliphatic heterocycles. The smallest absolute Gasteiger partial charge is 0.0606 e. The molecule has 0 aromatic rings. The maximum Gasteiger partial charge on any atom is 0.0606 e. The van der Waals surface area contributed by atoms with E-state index in [-0.39, 0.29) is 0 Å². The van der Waals surface area contributed by atoms with Crippen LogP contribution < -0.4 is 0 Å². The van der Waals surface area contributed by atoms with Gasteiger partial charge in [0.1, 0.15) is 0 Å². The zero-order valence-corrected chi connectivity index (χ0v) is 22.1. The van der Waals surface area contributed by atoms with Crippen molar-refractivity contribution in [2.45, 2.75) is 150 Å². The summed E-state index contributed by atoms with van der Waals surface area (Å²) in [6.07, 6.45) is 11.3. The van der Waals surface area contributed by atoms with Crippen molar-refractivity contribution in [2.24, 2.45) is 28.6 Å². The molecule has 0 aliphatic carbocycles. The minimum absolute atomic E-state index is 0.317. The number of hydrogen-bond donors (Lipinski definition) is 0. The van der Waals surface area contributed by atoms with Crippen LogP contribution in [0.15, 0.2) is 0 Å². The Morgan fingerprint density at radius 3 is 1.35 bits per heavy atom. The van der Waals surface area contributed by atoms with Gasteiger partial charge in [0.25, 0.3) is 0 Å². The van der Waals surface area contributed by atoms with Gasteiger partial charge < -0.3 is 14.2 Å². The summed E-state index contributed by atoms with van der Waals surface area (Å²) in [5.74, 6) is 2.20. The Bertz CT molecular complexity index is 550. The van der Waals surface area contributed by atoms with Gasteiger partial charge in [-0.15, -0.1) is 0 Å². The third-order valence-electron chi connectivity index (χ3n) is 8.39. The van der Waals surface area contributed by atoms with E-state index in [4.69, 9.17) is 14.2 Å². The molecular formula is C28H52O3. The second kappa shape index (κ2) is 10.0. The molecule has 3 heteroatoms. The first-order valence-electron chi connectivity index (χ1n) is 13.3. The Labute approximate surface area is 193 Å². The average molecular weight is 437 g/mol. The summed E-state index contributed by atoms with van der Waals surface area (Å²) in [4.78, 5) is 0. The van der Waals surface area contributed by atoms with E-state index in [1.165, 1.54) is 38.5 Å². The van der Waals surface area contributed by atoms with Gasteiger partial charge in [-0.1, -0.05) is 48.5 Å². The lowest BCUT2D eigenvalue weighted by atomic mass is 9.70. The van der Waals surface area contributed by atoms with Crippen LogP contribution in [0.1, 0.15) is 114 Å². The van der Waals surface area contributed by atoms with Crippen molar-refractivity contribution in [1.29, 1.82) is 0 Å². The molecule has 182 valence electrons. The van der Waals surface area contributed by atoms with Crippen LogP contribution in [0.5, 0.6) is 0 Å². The van der Waals surface area contributed by atoms with Crippen LogP contribution in [-0.2, 0) is 14.2 Å². The molecule has 3 nitrogen and oxygen atoms in total. The Kier molecular flexibility index (Phi) is 8.24. The third-order valence-corrected chi connectivity index (χ3v) is 8.39. The van der Waals surface area contributed by atoms with Crippen molar-refractivity contribution in [3.8, 4) is 0 Å². The molecule has 0 saturated carbocycles. The van der Waals surface area contributed by atoms with Gasteiger partial charge in [0.2, 0.25) is 0 Å². The lowest BCUT2D eigenvalue weighted by molar-refractivity contribution is -0.153. The minimum atomic E-state index is 0.317. The van der Waals surface area contributed by atoms with Crippen LogP contribution in [0.25, 0.3) is 0 Å². The summed E-state index contributed by atoms with van der Waals surface area (Å²) in [5, 5.41) is 0. The van der Waals surface area contributed by atoms with Crippen LogP contribution in [-0.4, -0.2) is 36.6 Å². The van der Waals surface area contributed by atoms with E-state index in [1.54, 1.807) is 0 Å². The topological polar surface area (TPSA) is 27.7 Å². The fraction of sp³-hybridized carbons (Fsp3) is 1.00. The third kappa shape index (κ3) is 7.44. The molecule has 9 atom stereocenters. The largest absolute Gasteiger partial charge is 0.375 e. The zero-order valence-electron chi connectivity index (χ0n) is 22.1. The normalized spacial score (nSPS) is 43.1. The molecule has 3 aliphatic rings. The second-order valence-electron chi connectivity index (χ2n) is 13.6. The summed E-state index contributed by atoms with van der Waals surface area (Å²) in [7, 11) is 0. The average Bonchev–Trinajstić information content (AvgIpc) is 2.58. The predicted molar refractivity (Wildman–Crippen MR) is 129 cm³/mol. The summed E-state index contributed by atoms with van der Waals surface area (Å²) in [5.41, 5.74) is 0.675. The molecular weight excluding hydrogens is 384 g/mol. The lowest BCUT2D eigenvalue weighted by Gasteiger charge is -2.46. The molecule has 3 heterocycles. The van der Waals surface area contributed by atoms with Gasteiger partial charge in [-0.2, -0.15) is 0 Å². The van der Waals surface area contributed by atoms with Crippen molar-refractivity contribution in [1.82, 2.24) is 0 Å². The fourth-order valence-electron chi connectivity index (χ4n) is 6.53. The molecule has 0 bridgehead atoms. The second-order valence-corrected chi connectivity index (χ2v) is 13.6. The first kappa shape index (κ1) is 25.5. The van der Waals surface area contributed by atoms with E-state index in [0.29, 0.717) is 53.4 Å². The van der Waals surface area contributed by atoms with Crippen molar-refractivity contribution in [2.75, 3.05) is 0 Å². The van der Waals surface area contributed by atoms with Crippen LogP contribution in [0.4, 0.5) is 0 Å². The Balaban J connectivity index is 1.64. The standard InChI is InChI=1S/C28H52O3/c1-18-10-19(2)29-23(11-18)16-25-14-22(28(7,8)9)15-26(31-25)17-24-13-21(27(4,5)6)12-20(3)30-24/h18-26H,10-17H2,1-9H3/t18-,19+,20-,21?,22?,23+,24?,25?,26-/m1/s1. The zero-order chi connectivity index (χ0) is 23.0. The van der Waals surface area contributed by atoms with Crippen molar-refractivity contribution >= 4 is 0 Å². The highest BCUT2D eigenvalue weighted by molar-refractivity contribution is 4.90. The van der Waals surface area contributed by atoms with Crippen molar-refractivity contribution in [3.05, 3.63) is 0 Å². The van der Waals surface area contributed by atoms with Crippen molar-refractivity contribution in [3.63, 3.8) is 0 Å². The van der Waals surface area contributed by atoms with E-state index in [2.05, 4.69) is 62.3 Å². The first-order chi connectivity index (χ1) is 14.3. The molecule has 3 saturated heterocycles. The predicted octanol–water partition coefficient (Wildman–Crippen LogP) is 7.41. The summed E-state index contributed by atoms with van der Waals surface area (Å²) in [6, 6.07) is 0. The highest BCUT2D eigenvalue weighted by atomic mass is 16.5. The van der Waals surface area contributed by atoms with Crippen LogP contribution in [0, 0.1) is 28.6 Å². The lowest BCUT2D eigenvalue weighted by Crippen LogP contribution is -2.44. The first-order valence-corrected chi connectivity index (χ1v) is 13.3. The van der Waals surface area contributed by atoms with Gasteiger partial charge in [0, 0.05) is 0 Å². The van der Waals surface area contributed by atoms with Gasteiger partial charge in [0.05, 0.1) is 36.6 Å². The minimum Gasteiger partial charge on any atom is -0.375 e. The van der Waals surface area contributed by atoms with E-state index in [1.807, 2.05) is 0 Å². The highest BCUT2D eigenvalue weighted by Crippen LogP contribution is 2.44. The molecule has 0 aromatic carbocycles. The molecule has 0 N–H and O–H groups in total. The summed E-state index contributed by atoms with van der Waals surface area (Å²) >= 11 is 0. The molecule has 0 spiro atoms. The van der Waals surface area contributed by atoms with Gasteiger partial charge >= 0.3 is 0 Å². The van der Waals surface area contributed by atoms with E-state index in [0.717, 1.165) is 24.7 Å². The molecule has 3 fully saturated rings. The maximum absolute atomic E-state index is 6.78. The molecule has 4 unspecified atom stereocenters. The molecule has 31 heavy (non-hydrogen) atoms. The van der Waals surface area contributed by atoms with Gasteiger partial charge in [-0.05, 0) is 93.8 Å². The fourth-order valence-corrected chi connectivity index (χ4v) is 6.53. The van der Waals surface area contributed by atoms with Crippen LogP contribution in [0.3, 0.4) is 0 Å². The summed E-state index contributed by atoms with van der Waals surface area (Å²) in [6.45, 7) is 21.3.